The minimum atomic E-state index is -1.08. The number of carboxylic acids is 1. The highest BCUT2D eigenvalue weighted by Crippen LogP contribution is 2.28. The first-order valence-electron chi connectivity index (χ1n) is 6.29. The van der Waals surface area contributed by atoms with Crippen molar-refractivity contribution in [2.45, 2.75) is 26.8 Å². The predicted molar refractivity (Wildman–Crippen MR) is 83.7 cm³/mol. The van der Waals surface area contributed by atoms with Gasteiger partial charge in [-0.15, -0.1) is 0 Å². The van der Waals surface area contributed by atoms with E-state index in [1.54, 1.807) is 39.0 Å². The molecule has 0 fully saturated rings. The molecule has 0 aliphatic carbocycles. The van der Waals surface area contributed by atoms with E-state index in [0.717, 1.165) is 4.47 Å². The lowest BCUT2D eigenvalue weighted by molar-refractivity contribution is -0.141. The Bertz CT molecular complexity index is 540. The third-order valence-corrected chi connectivity index (χ3v) is 3.29. The maximum Gasteiger partial charge on any atom is 0.326 e. The first-order chi connectivity index (χ1) is 9.65. The zero-order chi connectivity index (χ0) is 16.2. The number of benzene rings is 1. The van der Waals surface area contributed by atoms with Gasteiger partial charge in [-0.2, -0.15) is 0 Å². The molecule has 1 atom stereocenters. The van der Waals surface area contributed by atoms with E-state index in [1.165, 1.54) is 7.11 Å². The first kappa shape index (κ1) is 17.3. The van der Waals surface area contributed by atoms with Crippen molar-refractivity contribution in [3.05, 3.63) is 22.7 Å². The van der Waals surface area contributed by atoms with Gasteiger partial charge in [-0.1, -0.05) is 36.7 Å². The third kappa shape index (κ3) is 4.93. The number of carboxylic acid groups (broad SMARTS) is 1. The number of rotatable bonds is 4. The SMILES string of the molecule is COc1ccc(Br)cc1NC(=O)N[C@H](C(=O)O)C(C)(C)C. The monoisotopic (exact) mass is 358 g/mol. The number of anilines is 1. The molecule has 0 radical (unpaired) electrons. The maximum absolute atomic E-state index is 12.0. The minimum absolute atomic E-state index is 0.447. The number of hydrogen-bond acceptors (Lipinski definition) is 3. The summed E-state index contributed by atoms with van der Waals surface area (Å²) < 4.78 is 5.91. The van der Waals surface area contributed by atoms with Crippen LogP contribution in [0.4, 0.5) is 10.5 Å². The lowest BCUT2D eigenvalue weighted by Crippen LogP contribution is -2.50. The van der Waals surface area contributed by atoms with Crippen LogP contribution >= 0.6 is 15.9 Å². The van der Waals surface area contributed by atoms with E-state index < -0.39 is 23.5 Å². The van der Waals surface area contributed by atoms with E-state index in [-0.39, 0.29) is 0 Å². The van der Waals surface area contributed by atoms with Gasteiger partial charge >= 0.3 is 12.0 Å². The maximum atomic E-state index is 12.0. The number of hydrogen-bond donors (Lipinski definition) is 3. The highest BCUT2D eigenvalue weighted by molar-refractivity contribution is 9.10. The molecule has 116 valence electrons. The summed E-state index contributed by atoms with van der Waals surface area (Å²) in [7, 11) is 1.49. The zero-order valence-corrected chi connectivity index (χ0v) is 13.9. The summed E-state index contributed by atoms with van der Waals surface area (Å²) in [5, 5.41) is 14.2. The first-order valence-corrected chi connectivity index (χ1v) is 7.08. The van der Waals surface area contributed by atoms with E-state index in [0.29, 0.717) is 11.4 Å². The molecule has 1 aromatic rings. The number of aliphatic carboxylic acids is 1. The van der Waals surface area contributed by atoms with Crippen LogP contribution in [0.2, 0.25) is 0 Å². The van der Waals surface area contributed by atoms with Crippen molar-refractivity contribution >= 4 is 33.6 Å². The van der Waals surface area contributed by atoms with E-state index in [2.05, 4.69) is 26.6 Å². The van der Waals surface area contributed by atoms with Gasteiger partial charge in [0.15, 0.2) is 0 Å². The molecule has 1 rings (SSSR count). The Morgan fingerprint density at radius 2 is 1.95 bits per heavy atom. The highest BCUT2D eigenvalue weighted by atomic mass is 79.9. The Labute approximate surface area is 132 Å². The standard InChI is InChI=1S/C14H19BrN2O4/c1-14(2,3)11(12(18)19)17-13(20)16-9-7-8(15)5-6-10(9)21-4/h5-7,11H,1-4H3,(H,18,19)(H2,16,17,20)/t11-/m1/s1. The van der Waals surface area contributed by atoms with Gasteiger partial charge in [-0.25, -0.2) is 9.59 Å². The largest absolute Gasteiger partial charge is 0.495 e. The summed E-state index contributed by atoms with van der Waals surface area (Å²) in [5.41, 5.74) is -0.160. The lowest BCUT2D eigenvalue weighted by atomic mass is 9.87. The third-order valence-electron chi connectivity index (χ3n) is 2.80. The molecule has 6 nitrogen and oxygen atoms in total. The number of methoxy groups -OCH3 is 1. The van der Waals surface area contributed by atoms with Crippen LogP contribution in [0.15, 0.2) is 22.7 Å². The van der Waals surface area contributed by atoms with Crippen LogP contribution in [0.5, 0.6) is 5.75 Å². The number of carbonyl (C=O) groups is 2. The van der Waals surface area contributed by atoms with Crippen LogP contribution in [-0.2, 0) is 4.79 Å². The molecule has 0 spiro atoms. The fourth-order valence-electron chi connectivity index (χ4n) is 1.72. The summed E-state index contributed by atoms with van der Waals surface area (Å²) in [5.74, 6) is -0.602. The van der Waals surface area contributed by atoms with Crippen LogP contribution in [0, 0.1) is 5.41 Å². The van der Waals surface area contributed by atoms with Gasteiger partial charge in [-0.05, 0) is 23.6 Å². The summed E-state index contributed by atoms with van der Waals surface area (Å²) in [6.45, 7) is 5.23. The molecule has 0 saturated carbocycles. The van der Waals surface area contributed by atoms with Crippen LogP contribution in [0.25, 0.3) is 0 Å². The second-order valence-corrected chi connectivity index (χ2v) is 6.50. The molecule has 0 aliphatic rings. The van der Waals surface area contributed by atoms with Gasteiger partial charge in [0.25, 0.3) is 0 Å². The van der Waals surface area contributed by atoms with Crippen LogP contribution < -0.4 is 15.4 Å². The quantitative estimate of drug-likeness (QED) is 0.771. The topological polar surface area (TPSA) is 87.7 Å². The minimum Gasteiger partial charge on any atom is -0.495 e. The van der Waals surface area contributed by atoms with Gasteiger partial charge in [0.1, 0.15) is 11.8 Å². The molecule has 21 heavy (non-hydrogen) atoms. The molecule has 2 amide bonds. The van der Waals surface area contributed by atoms with Crippen LogP contribution in [-0.4, -0.2) is 30.3 Å². The average molecular weight is 359 g/mol. The molecule has 1 aromatic carbocycles. The molecular weight excluding hydrogens is 340 g/mol. The van der Waals surface area contributed by atoms with E-state index in [1.807, 2.05) is 0 Å². The lowest BCUT2D eigenvalue weighted by Gasteiger charge is -2.27. The van der Waals surface area contributed by atoms with Crippen LogP contribution in [0.1, 0.15) is 20.8 Å². The number of urea groups is 1. The Hall–Kier alpha value is -1.76. The second kappa shape index (κ2) is 6.80. The van der Waals surface area contributed by atoms with Crippen molar-refractivity contribution in [3.63, 3.8) is 0 Å². The summed E-state index contributed by atoms with van der Waals surface area (Å²) in [4.78, 5) is 23.2. The Morgan fingerprint density at radius 1 is 1.33 bits per heavy atom. The zero-order valence-electron chi connectivity index (χ0n) is 12.4. The number of ether oxygens (including phenoxy) is 1. The molecule has 0 unspecified atom stereocenters. The number of amides is 2. The molecule has 0 aromatic heterocycles. The van der Waals surface area contributed by atoms with Crippen molar-refractivity contribution in [1.29, 1.82) is 0 Å². The molecule has 3 N–H and O–H groups in total. The molecule has 0 saturated heterocycles. The predicted octanol–water partition coefficient (Wildman–Crippen LogP) is 3.08. The number of halogens is 1. The van der Waals surface area contributed by atoms with Crippen molar-refractivity contribution in [2.75, 3.05) is 12.4 Å². The molecule has 7 heteroatoms. The van der Waals surface area contributed by atoms with Gasteiger partial charge in [0.05, 0.1) is 12.8 Å². The number of nitrogens with one attached hydrogen (secondary N) is 2. The van der Waals surface area contributed by atoms with E-state index in [4.69, 9.17) is 4.74 Å². The molecule has 0 bridgehead atoms. The van der Waals surface area contributed by atoms with Gasteiger partial charge in [0.2, 0.25) is 0 Å². The van der Waals surface area contributed by atoms with Crippen LogP contribution in [0.3, 0.4) is 0 Å². The summed E-state index contributed by atoms with van der Waals surface area (Å²) in [6, 6.07) is 3.53. The van der Waals surface area contributed by atoms with E-state index >= 15 is 0 Å². The Kier molecular flexibility index (Phi) is 5.60. The molecule has 0 heterocycles. The smallest absolute Gasteiger partial charge is 0.326 e. The number of carbonyl (C=O) groups excluding carboxylic acids is 1. The normalized spacial score (nSPS) is 12.4. The van der Waals surface area contributed by atoms with E-state index in [9.17, 15) is 14.7 Å². The fourth-order valence-corrected chi connectivity index (χ4v) is 2.08. The highest BCUT2D eigenvalue weighted by Gasteiger charge is 2.32. The molecule has 0 aliphatic heterocycles. The summed E-state index contributed by atoms with van der Waals surface area (Å²) >= 11 is 3.30. The van der Waals surface area contributed by atoms with Crippen molar-refractivity contribution < 1.29 is 19.4 Å². The van der Waals surface area contributed by atoms with Gasteiger partial charge in [-0.3, -0.25) is 0 Å². The average Bonchev–Trinajstić information content (AvgIpc) is 2.34. The van der Waals surface area contributed by atoms with Crippen molar-refractivity contribution in [2.24, 2.45) is 5.41 Å². The summed E-state index contributed by atoms with van der Waals surface area (Å²) in [6.07, 6.45) is 0. The second-order valence-electron chi connectivity index (χ2n) is 5.58. The van der Waals surface area contributed by atoms with Gasteiger partial charge in [0, 0.05) is 4.47 Å². The molecular formula is C14H19BrN2O4. The fraction of sp³-hybridized carbons (Fsp3) is 0.429. The van der Waals surface area contributed by atoms with Crippen molar-refractivity contribution in [3.8, 4) is 5.75 Å². The Morgan fingerprint density at radius 3 is 2.43 bits per heavy atom. The Balaban J connectivity index is 2.86. The van der Waals surface area contributed by atoms with Crippen molar-refractivity contribution in [1.82, 2.24) is 5.32 Å². The van der Waals surface area contributed by atoms with Gasteiger partial charge < -0.3 is 20.5 Å².